The van der Waals surface area contributed by atoms with Gasteiger partial charge >= 0.3 is 5.97 Å². The molecule has 6 heteroatoms. The van der Waals surface area contributed by atoms with Gasteiger partial charge in [0.25, 0.3) is 0 Å². The fourth-order valence-corrected chi connectivity index (χ4v) is 1.19. The Hall–Kier alpha value is -1.69. The van der Waals surface area contributed by atoms with Gasteiger partial charge < -0.3 is 5.11 Å². The molecule has 2 N–H and O–H groups in total. The van der Waals surface area contributed by atoms with Crippen molar-refractivity contribution in [2.45, 2.75) is 6.92 Å². The molecule has 0 aliphatic heterocycles. The molecule has 0 unspecified atom stereocenters. The lowest BCUT2D eigenvalue weighted by Gasteiger charge is -1.79. The van der Waals surface area contributed by atoms with Gasteiger partial charge in [-0.1, -0.05) is 0 Å². The third-order valence-corrected chi connectivity index (χ3v) is 1.99. The second-order valence-corrected chi connectivity index (χ2v) is 3.12. The van der Waals surface area contributed by atoms with Crippen LogP contribution in [0.4, 0.5) is 0 Å². The minimum absolute atomic E-state index is 0.116. The van der Waals surface area contributed by atoms with Crippen molar-refractivity contribution in [3.63, 3.8) is 0 Å². The lowest BCUT2D eigenvalue weighted by atomic mass is 10.5. The quantitative estimate of drug-likeness (QED) is 0.750. The molecule has 0 bridgehead atoms. The van der Waals surface area contributed by atoms with Gasteiger partial charge in [0.1, 0.15) is 5.69 Å². The molecule has 2 rings (SSSR count). The molecule has 5 nitrogen and oxygen atoms in total. The number of carboxylic acids is 1. The van der Waals surface area contributed by atoms with Crippen LogP contribution in [0.15, 0.2) is 23.2 Å². The molecule has 2 aromatic rings. The van der Waals surface area contributed by atoms with E-state index in [1.165, 1.54) is 12.3 Å². The third kappa shape index (κ3) is 3.36. The zero-order valence-electron chi connectivity index (χ0n) is 7.47. The van der Waals surface area contributed by atoms with E-state index >= 15 is 0 Å². The minimum Gasteiger partial charge on any atom is -0.477 e. The number of thiazole rings is 1. The highest BCUT2D eigenvalue weighted by Gasteiger charge is 1.99. The van der Waals surface area contributed by atoms with Crippen molar-refractivity contribution in [1.82, 2.24) is 15.2 Å². The van der Waals surface area contributed by atoms with E-state index in [1.807, 2.05) is 17.8 Å². The Bertz CT molecular complexity index is 369. The van der Waals surface area contributed by atoms with Gasteiger partial charge in [-0.05, 0) is 13.0 Å². The van der Waals surface area contributed by atoms with Crippen molar-refractivity contribution in [2.75, 3.05) is 0 Å². The van der Waals surface area contributed by atoms with Gasteiger partial charge in [-0.3, -0.25) is 10.1 Å². The van der Waals surface area contributed by atoms with Crippen molar-refractivity contribution in [3.05, 3.63) is 34.5 Å². The SMILES string of the molecule is Cc1cscn1.O=C(O)c1ccn[nH]1. The van der Waals surface area contributed by atoms with Gasteiger partial charge in [-0.15, -0.1) is 11.3 Å². The number of aromatic nitrogens is 3. The second kappa shape index (κ2) is 5.13. The number of aromatic amines is 1. The first-order chi connectivity index (χ1) is 6.70. The summed E-state index contributed by atoms with van der Waals surface area (Å²) in [6, 6.07) is 1.39. The molecular weight excluding hydrogens is 202 g/mol. The van der Waals surface area contributed by atoms with Crippen LogP contribution in [0, 0.1) is 6.92 Å². The summed E-state index contributed by atoms with van der Waals surface area (Å²) in [7, 11) is 0. The molecule has 2 heterocycles. The van der Waals surface area contributed by atoms with E-state index in [0.717, 1.165) is 5.69 Å². The number of nitrogens with zero attached hydrogens (tertiary/aromatic N) is 2. The minimum atomic E-state index is -0.984. The predicted molar refractivity (Wildman–Crippen MR) is 52.4 cm³/mol. The molecule has 0 atom stereocenters. The number of aryl methyl sites for hydroxylation is 1. The summed E-state index contributed by atoms with van der Waals surface area (Å²) in [6.45, 7) is 1.98. The van der Waals surface area contributed by atoms with Crippen LogP contribution in [0.25, 0.3) is 0 Å². The van der Waals surface area contributed by atoms with Crippen molar-refractivity contribution < 1.29 is 9.90 Å². The molecule has 2 aromatic heterocycles. The highest BCUT2D eigenvalue weighted by molar-refractivity contribution is 7.07. The lowest BCUT2D eigenvalue weighted by Crippen LogP contribution is -1.95. The van der Waals surface area contributed by atoms with Crippen LogP contribution in [0.3, 0.4) is 0 Å². The van der Waals surface area contributed by atoms with E-state index in [4.69, 9.17) is 5.11 Å². The van der Waals surface area contributed by atoms with E-state index in [2.05, 4.69) is 15.2 Å². The first kappa shape index (κ1) is 10.4. The predicted octanol–water partition coefficient (Wildman–Crippen LogP) is 1.56. The van der Waals surface area contributed by atoms with Crippen molar-refractivity contribution in [2.24, 2.45) is 0 Å². The number of nitrogens with one attached hydrogen (secondary N) is 1. The highest BCUT2D eigenvalue weighted by atomic mass is 32.1. The standard InChI is InChI=1S/C4H4N2O2.C4H5NS/c7-4(8)3-1-2-5-6-3;1-4-2-6-3-5-4/h1-2H,(H,5,6)(H,7,8);2-3H,1H3. The Balaban J connectivity index is 0.000000146. The smallest absolute Gasteiger partial charge is 0.353 e. The molecule has 0 aliphatic carbocycles. The molecule has 0 saturated carbocycles. The van der Waals surface area contributed by atoms with Gasteiger partial charge in [-0.25, -0.2) is 4.79 Å². The zero-order valence-corrected chi connectivity index (χ0v) is 8.28. The summed E-state index contributed by atoms with van der Waals surface area (Å²) in [6.07, 6.45) is 1.39. The van der Waals surface area contributed by atoms with Crippen LogP contribution >= 0.6 is 11.3 Å². The van der Waals surface area contributed by atoms with Crippen LogP contribution in [0.2, 0.25) is 0 Å². The maximum absolute atomic E-state index is 9.99. The average molecular weight is 211 g/mol. The second-order valence-electron chi connectivity index (χ2n) is 2.41. The van der Waals surface area contributed by atoms with E-state index in [-0.39, 0.29) is 5.69 Å². The van der Waals surface area contributed by atoms with E-state index in [9.17, 15) is 4.79 Å². The third-order valence-electron chi connectivity index (χ3n) is 1.29. The number of carboxylic acid groups (broad SMARTS) is 1. The number of H-pyrrole nitrogens is 1. The summed E-state index contributed by atoms with van der Waals surface area (Å²) in [4.78, 5) is 13.9. The summed E-state index contributed by atoms with van der Waals surface area (Å²) < 4.78 is 0. The largest absolute Gasteiger partial charge is 0.477 e. The molecule has 0 aromatic carbocycles. The summed E-state index contributed by atoms with van der Waals surface area (Å²) in [5.74, 6) is -0.984. The van der Waals surface area contributed by atoms with Crippen LogP contribution in [0.1, 0.15) is 16.2 Å². The van der Waals surface area contributed by atoms with Gasteiger partial charge in [0.15, 0.2) is 0 Å². The van der Waals surface area contributed by atoms with Crippen molar-refractivity contribution in [1.29, 1.82) is 0 Å². The molecule has 0 aliphatic rings. The first-order valence-electron chi connectivity index (χ1n) is 3.77. The average Bonchev–Trinajstić information content (AvgIpc) is 2.75. The highest BCUT2D eigenvalue weighted by Crippen LogP contribution is 1.95. The number of rotatable bonds is 1. The van der Waals surface area contributed by atoms with Crippen LogP contribution in [-0.2, 0) is 0 Å². The molecule has 74 valence electrons. The van der Waals surface area contributed by atoms with Gasteiger partial charge in [0.2, 0.25) is 0 Å². The fourth-order valence-electron chi connectivity index (χ4n) is 0.648. The van der Waals surface area contributed by atoms with Crippen LogP contribution in [0.5, 0.6) is 0 Å². The van der Waals surface area contributed by atoms with Gasteiger partial charge in [0, 0.05) is 17.3 Å². The molecule has 0 amide bonds. The first-order valence-corrected chi connectivity index (χ1v) is 4.72. The molecule has 0 spiro atoms. The fraction of sp³-hybridized carbons (Fsp3) is 0.125. The van der Waals surface area contributed by atoms with Crippen molar-refractivity contribution in [3.8, 4) is 0 Å². The molecule has 0 fully saturated rings. The van der Waals surface area contributed by atoms with E-state index in [0.29, 0.717) is 0 Å². The summed E-state index contributed by atoms with van der Waals surface area (Å²) >= 11 is 1.63. The molecule has 0 radical (unpaired) electrons. The summed E-state index contributed by atoms with van der Waals surface area (Å²) in [5, 5.41) is 15.9. The monoisotopic (exact) mass is 211 g/mol. The van der Waals surface area contributed by atoms with Crippen LogP contribution < -0.4 is 0 Å². The Morgan fingerprint density at radius 3 is 2.64 bits per heavy atom. The van der Waals surface area contributed by atoms with Crippen molar-refractivity contribution >= 4 is 17.3 Å². The maximum Gasteiger partial charge on any atom is 0.353 e. The summed E-state index contributed by atoms with van der Waals surface area (Å²) in [5.41, 5.74) is 3.06. The Morgan fingerprint density at radius 1 is 1.64 bits per heavy atom. The Kier molecular flexibility index (Phi) is 3.81. The Morgan fingerprint density at radius 2 is 2.43 bits per heavy atom. The number of carbonyl (C=O) groups is 1. The molecule has 0 saturated heterocycles. The normalized spacial score (nSPS) is 8.93. The lowest BCUT2D eigenvalue weighted by molar-refractivity contribution is 0.0690. The van der Waals surface area contributed by atoms with E-state index in [1.54, 1.807) is 11.3 Å². The topological polar surface area (TPSA) is 78.9 Å². The maximum atomic E-state index is 9.99. The van der Waals surface area contributed by atoms with Gasteiger partial charge in [-0.2, -0.15) is 5.10 Å². The zero-order chi connectivity index (χ0) is 10.4. The molecular formula is C8H9N3O2S. The number of hydrogen-bond acceptors (Lipinski definition) is 4. The number of hydrogen-bond donors (Lipinski definition) is 2. The Labute approximate surface area is 84.4 Å². The molecule has 14 heavy (non-hydrogen) atoms. The number of aromatic carboxylic acids is 1. The van der Waals surface area contributed by atoms with Crippen LogP contribution in [-0.4, -0.2) is 26.3 Å². The van der Waals surface area contributed by atoms with E-state index < -0.39 is 5.97 Å². The van der Waals surface area contributed by atoms with Gasteiger partial charge in [0.05, 0.1) is 5.51 Å².